The van der Waals surface area contributed by atoms with Crippen LogP contribution in [0.4, 0.5) is 0 Å². The smallest absolute Gasteiger partial charge is 0.323 e. The molecule has 2 aromatic carbocycles. The Kier molecular flexibility index (Phi) is 5.65. The molecule has 2 N–H and O–H groups in total. The molecular weight excluding hydrogens is 450 g/mol. The minimum atomic E-state index is -0.365. The van der Waals surface area contributed by atoms with Crippen LogP contribution in [0, 0.1) is 0 Å². The summed E-state index contributed by atoms with van der Waals surface area (Å²) < 4.78 is 5.33. The molecule has 7 heteroatoms. The summed E-state index contributed by atoms with van der Waals surface area (Å²) in [4.78, 5) is 21.7. The molecular formula is C27H30ClN3O3. The number of likely N-dealkylation sites (tertiary alicyclic amines) is 1. The number of methoxy groups -OCH3 is 1. The number of β-amino-alcohol motifs (C(OH)–C–C–N with tert-alkyl or cyclic N) is 1. The van der Waals surface area contributed by atoms with Gasteiger partial charge in [-0.3, -0.25) is 14.6 Å². The molecule has 178 valence electrons. The number of H-pyrrole nitrogens is 1. The third kappa shape index (κ3) is 3.64. The second-order valence-electron chi connectivity index (χ2n) is 9.90. The first-order valence-corrected chi connectivity index (χ1v) is 12.5. The first kappa shape index (κ1) is 22.1. The minimum absolute atomic E-state index is 0.0175. The zero-order valence-corrected chi connectivity index (χ0v) is 20.0. The van der Waals surface area contributed by atoms with Crippen LogP contribution in [0.3, 0.4) is 0 Å². The van der Waals surface area contributed by atoms with Crippen molar-refractivity contribution in [3.8, 4) is 0 Å². The number of carbonyl (C=O) groups is 1. The van der Waals surface area contributed by atoms with Gasteiger partial charge in [0.25, 0.3) is 0 Å². The highest BCUT2D eigenvalue weighted by Crippen LogP contribution is 2.50. The lowest BCUT2D eigenvalue weighted by Crippen LogP contribution is -2.56. The summed E-state index contributed by atoms with van der Waals surface area (Å²) in [5, 5.41) is 12.1. The largest absolute Gasteiger partial charge is 0.468 e. The quantitative estimate of drug-likeness (QED) is 0.550. The Morgan fingerprint density at radius 1 is 1.15 bits per heavy atom. The van der Waals surface area contributed by atoms with Gasteiger partial charge in [-0.2, -0.15) is 0 Å². The van der Waals surface area contributed by atoms with Crippen LogP contribution in [0.1, 0.15) is 48.2 Å². The Balaban J connectivity index is 1.50. The lowest BCUT2D eigenvalue weighted by molar-refractivity contribution is -0.152. The van der Waals surface area contributed by atoms with Crippen molar-refractivity contribution in [3.63, 3.8) is 0 Å². The number of aromatic amines is 1. The van der Waals surface area contributed by atoms with E-state index in [0.29, 0.717) is 24.0 Å². The van der Waals surface area contributed by atoms with Crippen LogP contribution in [-0.2, 0) is 16.0 Å². The van der Waals surface area contributed by atoms with Crippen molar-refractivity contribution < 1.29 is 14.6 Å². The molecule has 6 rings (SSSR count). The van der Waals surface area contributed by atoms with Gasteiger partial charge >= 0.3 is 5.97 Å². The Bertz CT molecular complexity index is 1230. The van der Waals surface area contributed by atoms with Gasteiger partial charge < -0.3 is 14.8 Å². The summed E-state index contributed by atoms with van der Waals surface area (Å²) >= 11 is 6.42. The third-order valence-corrected chi connectivity index (χ3v) is 8.30. The van der Waals surface area contributed by atoms with E-state index >= 15 is 0 Å². The maximum atomic E-state index is 13.2. The number of fused-ring (bicyclic) bond motifs is 5. The van der Waals surface area contributed by atoms with Crippen molar-refractivity contribution >= 4 is 28.5 Å². The summed E-state index contributed by atoms with van der Waals surface area (Å²) in [5.74, 6) is -0.192. The van der Waals surface area contributed by atoms with Gasteiger partial charge in [-0.1, -0.05) is 41.9 Å². The van der Waals surface area contributed by atoms with Crippen LogP contribution in [0.5, 0.6) is 0 Å². The first-order valence-electron chi connectivity index (χ1n) is 12.2. The van der Waals surface area contributed by atoms with E-state index in [9.17, 15) is 9.90 Å². The average molecular weight is 480 g/mol. The fourth-order valence-electron chi connectivity index (χ4n) is 6.56. The molecule has 0 saturated carbocycles. The molecule has 0 spiro atoms. The lowest BCUT2D eigenvalue weighted by Gasteiger charge is -2.52. The molecule has 2 fully saturated rings. The zero-order valence-electron chi connectivity index (χ0n) is 19.3. The second kappa shape index (κ2) is 8.68. The van der Waals surface area contributed by atoms with Gasteiger partial charge in [-0.25, -0.2) is 0 Å². The van der Waals surface area contributed by atoms with E-state index in [1.807, 2.05) is 24.3 Å². The number of carbonyl (C=O) groups excluding carboxylic acids is 1. The molecule has 6 nitrogen and oxygen atoms in total. The number of hydrogen-bond acceptors (Lipinski definition) is 5. The zero-order chi connectivity index (χ0) is 23.4. The number of halogens is 1. The number of benzene rings is 2. The SMILES string of the molecule is COC(=O)[C@@H]1Cc2c([nH]c3ccccc23)[C@H]2C[C@H](N3CC[C@@H](O)C3)C[C@@H](c3cccc(Cl)c3)N21. The van der Waals surface area contributed by atoms with Crippen LogP contribution in [0.15, 0.2) is 48.5 Å². The molecule has 2 saturated heterocycles. The number of aliphatic hydroxyl groups excluding tert-OH is 1. The van der Waals surface area contributed by atoms with Crippen molar-refractivity contribution in [1.29, 1.82) is 0 Å². The number of ether oxygens (including phenoxy) is 1. The highest BCUT2D eigenvalue weighted by molar-refractivity contribution is 6.30. The van der Waals surface area contributed by atoms with Crippen LogP contribution in [0.25, 0.3) is 10.9 Å². The number of aliphatic hydroxyl groups is 1. The van der Waals surface area contributed by atoms with Crippen LogP contribution in [-0.4, -0.2) is 64.2 Å². The summed E-state index contributed by atoms with van der Waals surface area (Å²) in [7, 11) is 1.48. The number of hydrogen-bond donors (Lipinski definition) is 2. The maximum absolute atomic E-state index is 13.2. The second-order valence-corrected chi connectivity index (χ2v) is 10.3. The Hall–Kier alpha value is -2.38. The van der Waals surface area contributed by atoms with Crippen molar-refractivity contribution in [2.24, 2.45) is 0 Å². The summed E-state index contributed by atoms with van der Waals surface area (Å²) in [6.07, 6.45) is 2.95. The number of rotatable bonds is 3. The predicted molar refractivity (Wildman–Crippen MR) is 132 cm³/mol. The summed E-state index contributed by atoms with van der Waals surface area (Å²) in [6.45, 7) is 1.61. The van der Waals surface area contributed by atoms with Crippen molar-refractivity contribution in [2.75, 3.05) is 20.2 Å². The van der Waals surface area contributed by atoms with E-state index in [2.05, 4.69) is 39.0 Å². The average Bonchev–Trinajstić information content (AvgIpc) is 3.46. The van der Waals surface area contributed by atoms with E-state index < -0.39 is 0 Å². The summed E-state index contributed by atoms with van der Waals surface area (Å²) in [5.41, 5.74) is 4.66. The van der Waals surface area contributed by atoms with E-state index in [1.54, 1.807) is 0 Å². The number of aromatic nitrogens is 1. The number of nitrogens with zero attached hydrogens (tertiary/aromatic N) is 2. The molecule has 0 aliphatic carbocycles. The van der Waals surface area contributed by atoms with Gasteiger partial charge in [-0.05, 0) is 48.6 Å². The Morgan fingerprint density at radius 3 is 2.74 bits per heavy atom. The number of esters is 1. The van der Waals surface area contributed by atoms with E-state index in [-0.39, 0.29) is 30.2 Å². The molecule has 34 heavy (non-hydrogen) atoms. The predicted octanol–water partition coefficient (Wildman–Crippen LogP) is 4.23. The third-order valence-electron chi connectivity index (χ3n) is 8.07. The molecule has 0 radical (unpaired) electrons. The highest BCUT2D eigenvalue weighted by Gasteiger charge is 2.49. The van der Waals surface area contributed by atoms with Gasteiger partial charge in [0.2, 0.25) is 0 Å². The lowest BCUT2D eigenvalue weighted by atomic mass is 9.79. The van der Waals surface area contributed by atoms with E-state index in [0.717, 1.165) is 36.9 Å². The molecule has 0 bridgehead atoms. The first-order chi connectivity index (χ1) is 16.5. The monoisotopic (exact) mass is 479 g/mol. The van der Waals surface area contributed by atoms with Crippen LogP contribution in [0.2, 0.25) is 5.02 Å². The molecule has 5 atom stereocenters. The summed E-state index contributed by atoms with van der Waals surface area (Å²) in [6, 6.07) is 16.4. The fraction of sp³-hybridized carbons (Fsp3) is 0.444. The van der Waals surface area contributed by atoms with Crippen molar-refractivity contribution in [1.82, 2.24) is 14.8 Å². The topological polar surface area (TPSA) is 68.8 Å². The normalized spacial score (nSPS) is 29.7. The molecule has 0 unspecified atom stereocenters. The van der Waals surface area contributed by atoms with Gasteiger partial charge in [0.05, 0.1) is 19.3 Å². The molecule has 4 heterocycles. The number of piperidine rings is 1. The minimum Gasteiger partial charge on any atom is -0.468 e. The number of nitrogens with one attached hydrogen (secondary N) is 1. The molecule has 0 amide bonds. The van der Waals surface area contributed by atoms with Gasteiger partial charge in [0.15, 0.2) is 0 Å². The molecule has 3 aromatic rings. The fourth-order valence-corrected chi connectivity index (χ4v) is 6.76. The highest BCUT2D eigenvalue weighted by atomic mass is 35.5. The molecule has 1 aromatic heterocycles. The van der Waals surface area contributed by atoms with Crippen LogP contribution < -0.4 is 0 Å². The van der Waals surface area contributed by atoms with Crippen molar-refractivity contribution in [3.05, 3.63) is 70.4 Å². The maximum Gasteiger partial charge on any atom is 0.323 e. The molecule has 3 aliphatic rings. The van der Waals surface area contributed by atoms with Crippen LogP contribution >= 0.6 is 11.6 Å². The van der Waals surface area contributed by atoms with E-state index in [1.165, 1.54) is 23.8 Å². The Morgan fingerprint density at radius 2 is 1.97 bits per heavy atom. The van der Waals surface area contributed by atoms with Crippen molar-refractivity contribution in [2.45, 2.75) is 56.0 Å². The van der Waals surface area contributed by atoms with E-state index in [4.69, 9.17) is 16.3 Å². The standard InChI is InChI=1S/C27H30ClN3O3/c1-34-27(33)25-14-21-20-7-2-3-8-22(20)29-26(21)24-13-18(30-10-9-19(32)15-30)12-23(31(24)25)16-5-4-6-17(28)11-16/h2-8,11,18-19,23-25,29,32H,9-10,12-15H2,1H3/t18-,19-,23+,24-,25+/m1/s1. The molecule has 3 aliphatic heterocycles. The van der Waals surface area contributed by atoms with Gasteiger partial charge in [0, 0.05) is 53.2 Å². The Labute approximate surface area is 204 Å². The number of para-hydroxylation sites is 1. The van der Waals surface area contributed by atoms with Gasteiger partial charge in [0.1, 0.15) is 6.04 Å². The van der Waals surface area contributed by atoms with Gasteiger partial charge in [-0.15, -0.1) is 0 Å².